The van der Waals surface area contributed by atoms with Crippen molar-refractivity contribution in [2.75, 3.05) is 110 Å². The Morgan fingerprint density at radius 2 is 0.602 bits per heavy atom. The second kappa shape index (κ2) is 32.0. The van der Waals surface area contributed by atoms with Crippen LogP contribution in [0.4, 0.5) is 60.9 Å². The lowest BCUT2D eigenvalue weighted by Crippen LogP contribution is -2.36. The SMILES string of the molecule is CC(Nc1cc(F)cc(F)c1)c1cc(C(=O)NS(=O)(=O)C2CC2)cc2ncc(N3CCOCC3)nc12.CC(Nc1cc(F)cc(F)c1)c1cc(C(=O)NS(=O)(=O)C2CC2)cc2ncc(N3CCOCC3)nc12.CC(Nc1cc(F)cc(F)c1)c1cc(C(=O)NS(=O)(=O)C2CC2)cc2ncc(N3CCOCC3)nc12. The molecule has 3 atom stereocenters. The third-order valence-corrected chi connectivity index (χ3v) is 24.0. The second-order valence-corrected chi connectivity index (χ2v) is 32.8. The molecule has 108 heavy (non-hydrogen) atoms. The smallest absolute Gasteiger partial charge is 0.264 e. The van der Waals surface area contributed by atoms with Crippen molar-refractivity contribution in [1.82, 2.24) is 44.1 Å². The van der Waals surface area contributed by atoms with E-state index < -0.39 is 117 Å². The standard InChI is InChI=1S/3C24H25F2N5O4S/c3*1-14(28-18-11-16(25)10-17(26)12-18)20-8-15(24(32)30-36(33,34)19-2-3-19)9-21-23(20)29-22(13-27-21)31-4-6-35-7-5-31/h3*8-14,19,28H,2-7H2,1H3,(H,30,32). The maximum absolute atomic E-state index is 13.8. The summed E-state index contributed by atoms with van der Waals surface area (Å²) in [6.07, 6.45) is 7.91. The number of ether oxygens (including phenoxy) is 3. The van der Waals surface area contributed by atoms with Crippen molar-refractivity contribution in [2.45, 2.75) is 93.2 Å². The zero-order valence-corrected chi connectivity index (χ0v) is 61.0. The lowest BCUT2D eigenvalue weighted by atomic mass is 10.0. The molecule has 36 heteroatoms. The molecule has 3 saturated heterocycles. The molecule has 3 aliphatic carbocycles. The third kappa shape index (κ3) is 18.7. The fraction of sp³-hybridized carbons (Fsp3) is 0.375. The fourth-order valence-electron chi connectivity index (χ4n) is 12.5. The molecule has 3 aromatic heterocycles. The number of nitrogens with zero attached hydrogens (tertiary/aromatic N) is 9. The van der Waals surface area contributed by atoms with Crippen LogP contribution in [0.3, 0.4) is 0 Å². The van der Waals surface area contributed by atoms with Gasteiger partial charge in [-0.25, -0.2) is 80.7 Å². The van der Waals surface area contributed by atoms with Crippen LogP contribution in [-0.4, -0.2) is 168 Å². The zero-order valence-electron chi connectivity index (χ0n) is 58.5. The van der Waals surface area contributed by atoms with Gasteiger partial charge in [0, 0.05) is 108 Å². The Labute approximate surface area is 617 Å². The number of carbonyl (C=O) groups is 3. The highest BCUT2D eigenvalue weighted by atomic mass is 32.2. The molecule has 6 aliphatic rings. The number of carbonyl (C=O) groups excluding carboxylic acids is 3. The van der Waals surface area contributed by atoms with E-state index in [0.717, 1.165) is 54.6 Å². The first kappa shape index (κ1) is 76.1. The Hall–Kier alpha value is -10.1. The van der Waals surface area contributed by atoms with Crippen molar-refractivity contribution >= 4 is 115 Å². The van der Waals surface area contributed by atoms with Crippen LogP contribution in [0.25, 0.3) is 33.1 Å². The van der Waals surface area contributed by atoms with Crippen molar-refractivity contribution in [1.29, 1.82) is 0 Å². The molecular weight excluding hydrogens is 1480 g/mol. The van der Waals surface area contributed by atoms with Gasteiger partial charge in [0.05, 0.1) is 125 Å². The van der Waals surface area contributed by atoms with Crippen LogP contribution in [-0.2, 0) is 44.3 Å². The monoisotopic (exact) mass is 1550 g/mol. The van der Waals surface area contributed by atoms with Gasteiger partial charge in [0.25, 0.3) is 17.7 Å². The molecule has 0 spiro atoms. The summed E-state index contributed by atoms with van der Waals surface area (Å²) in [6.45, 7) is 12.5. The second-order valence-electron chi connectivity index (χ2n) is 26.9. The highest BCUT2D eigenvalue weighted by molar-refractivity contribution is 7.91. The molecule has 3 aliphatic heterocycles. The summed E-state index contributed by atoms with van der Waals surface area (Å²) in [5.74, 6) is -4.83. The Kier molecular flexibility index (Phi) is 22.5. The quantitative estimate of drug-likeness (QED) is 0.0365. The first-order valence-electron chi connectivity index (χ1n) is 34.8. The number of nitrogens with one attached hydrogen (secondary N) is 6. The van der Waals surface area contributed by atoms with Crippen LogP contribution in [0.5, 0.6) is 0 Å². The van der Waals surface area contributed by atoms with Gasteiger partial charge in [-0.3, -0.25) is 29.3 Å². The summed E-state index contributed by atoms with van der Waals surface area (Å²) in [5, 5.41) is 7.46. The van der Waals surface area contributed by atoms with E-state index >= 15 is 0 Å². The van der Waals surface area contributed by atoms with Crippen LogP contribution in [0, 0.1) is 34.9 Å². The first-order valence-corrected chi connectivity index (χ1v) is 39.5. The van der Waals surface area contributed by atoms with E-state index in [1.807, 2.05) is 14.7 Å². The molecule has 6 fully saturated rings. The van der Waals surface area contributed by atoms with Crippen LogP contribution in [0.1, 0.15) is 125 Å². The largest absolute Gasteiger partial charge is 0.378 e. The van der Waals surface area contributed by atoms with E-state index in [1.54, 1.807) is 39.4 Å². The van der Waals surface area contributed by atoms with Gasteiger partial charge in [-0.1, -0.05) is 0 Å². The molecule has 570 valence electrons. The first-order chi connectivity index (χ1) is 51.6. The lowest BCUT2D eigenvalue weighted by molar-refractivity contribution is 0.0972. The number of anilines is 6. The number of hydrogen-bond donors (Lipinski definition) is 6. The van der Waals surface area contributed by atoms with E-state index in [4.69, 9.17) is 29.2 Å². The number of benzene rings is 6. The van der Waals surface area contributed by atoms with E-state index in [-0.39, 0.29) is 33.8 Å². The molecule has 6 aromatic carbocycles. The van der Waals surface area contributed by atoms with Crippen molar-refractivity contribution in [3.63, 3.8) is 0 Å². The maximum Gasteiger partial charge on any atom is 0.264 e. The van der Waals surface area contributed by atoms with Crippen molar-refractivity contribution in [3.05, 3.63) is 178 Å². The number of morpholine rings is 3. The van der Waals surface area contributed by atoms with Gasteiger partial charge < -0.3 is 44.9 Å². The topological polar surface area (TPSA) is 341 Å². The highest BCUT2D eigenvalue weighted by Gasteiger charge is 2.40. The summed E-state index contributed by atoms with van der Waals surface area (Å²) in [4.78, 5) is 72.6. The zero-order chi connectivity index (χ0) is 76.3. The van der Waals surface area contributed by atoms with Crippen molar-refractivity contribution < 1.29 is 80.2 Å². The molecule has 6 N–H and O–H groups in total. The third-order valence-electron chi connectivity index (χ3n) is 18.5. The van der Waals surface area contributed by atoms with Gasteiger partial charge in [-0.15, -0.1) is 0 Å². The minimum Gasteiger partial charge on any atom is -0.378 e. The van der Waals surface area contributed by atoms with Crippen LogP contribution >= 0.6 is 0 Å². The normalized spacial score (nSPS) is 17.1. The fourth-order valence-corrected chi connectivity index (χ4v) is 16.4. The van der Waals surface area contributed by atoms with E-state index in [2.05, 4.69) is 45.1 Å². The minimum atomic E-state index is -3.75. The number of sulfonamides is 3. The Morgan fingerprint density at radius 1 is 0.370 bits per heavy atom. The van der Waals surface area contributed by atoms with Gasteiger partial charge >= 0.3 is 0 Å². The number of aromatic nitrogens is 6. The van der Waals surface area contributed by atoms with Gasteiger partial charge in [0.2, 0.25) is 30.1 Å². The molecule has 9 aromatic rings. The molecule has 0 bridgehead atoms. The van der Waals surface area contributed by atoms with Crippen LogP contribution in [0.15, 0.2) is 110 Å². The van der Waals surface area contributed by atoms with Gasteiger partial charge in [0.1, 0.15) is 52.4 Å². The Bertz CT molecular complexity index is 4730. The molecule has 0 radical (unpaired) electrons. The minimum absolute atomic E-state index is 0.0919. The Morgan fingerprint density at radius 3 is 0.824 bits per heavy atom. The lowest BCUT2D eigenvalue weighted by Gasteiger charge is -2.28. The molecular formula is C72H75F6N15O12S3. The number of fused-ring (bicyclic) bond motifs is 3. The molecule has 27 nitrogen and oxygen atoms in total. The number of rotatable bonds is 21. The van der Waals surface area contributed by atoms with E-state index in [9.17, 15) is 66.0 Å². The summed E-state index contributed by atoms with van der Waals surface area (Å²) in [7, 11) is -11.3. The molecule has 3 unspecified atom stereocenters. The van der Waals surface area contributed by atoms with E-state index in [0.29, 0.717) is 185 Å². The average Bonchev–Trinajstić information content (AvgIpc) is 1.74. The van der Waals surface area contributed by atoms with Crippen molar-refractivity contribution in [2.24, 2.45) is 0 Å². The number of amides is 3. The summed E-state index contributed by atoms with van der Waals surface area (Å²) < 4.78 is 179. The van der Waals surface area contributed by atoms with Crippen molar-refractivity contribution in [3.8, 4) is 0 Å². The summed E-state index contributed by atoms with van der Waals surface area (Å²) >= 11 is 0. The van der Waals surface area contributed by atoms with Crippen LogP contribution < -0.4 is 44.8 Å². The van der Waals surface area contributed by atoms with Gasteiger partial charge in [-0.2, -0.15) is 0 Å². The maximum atomic E-state index is 13.8. The summed E-state index contributed by atoms with van der Waals surface area (Å²) in [6, 6.07) is 16.7. The van der Waals surface area contributed by atoms with Gasteiger partial charge in [0.15, 0.2) is 0 Å². The summed E-state index contributed by atoms with van der Waals surface area (Å²) in [5.41, 5.74) is 5.07. The average molecular weight is 1550 g/mol. The predicted octanol–water partition coefficient (Wildman–Crippen LogP) is 9.42. The number of halogens is 6. The van der Waals surface area contributed by atoms with E-state index in [1.165, 1.54) is 36.4 Å². The number of hydrogen-bond acceptors (Lipinski definition) is 24. The molecule has 3 amide bonds. The predicted molar refractivity (Wildman–Crippen MR) is 391 cm³/mol. The Balaban J connectivity index is 0.000000143. The van der Waals surface area contributed by atoms with Crippen LogP contribution in [0.2, 0.25) is 0 Å². The highest BCUT2D eigenvalue weighted by Crippen LogP contribution is 2.36. The molecule has 15 rings (SSSR count). The molecule has 3 saturated carbocycles. The molecule has 6 heterocycles. The van der Waals surface area contributed by atoms with Gasteiger partial charge in [-0.05, 0) is 132 Å².